The van der Waals surface area contributed by atoms with Gasteiger partial charge in [0.15, 0.2) is 0 Å². The molecule has 0 atom stereocenters. The third kappa shape index (κ3) is 2.82. The van der Waals surface area contributed by atoms with E-state index in [0.29, 0.717) is 11.3 Å². The molecule has 4 heteroatoms. The Morgan fingerprint density at radius 3 is 2.56 bits per heavy atom. The summed E-state index contributed by atoms with van der Waals surface area (Å²) in [6.45, 7) is 2.03. The second kappa shape index (κ2) is 5.11. The maximum Gasteiger partial charge on any atom is 0.101 e. The van der Waals surface area contributed by atoms with Crippen LogP contribution in [-0.4, -0.2) is 0 Å². The number of nitrogen functional groups attached to an aromatic ring is 1. The van der Waals surface area contributed by atoms with Crippen molar-refractivity contribution in [2.75, 3.05) is 11.1 Å². The van der Waals surface area contributed by atoms with E-state index in [1.54, 1.807) is 12.1 Å². The monoisotopic (exact) mass is 301 g/mol. The van der Waals surface area contributed by atoms with Crippen LogP contribution in [0.15, 0.2) is 40.9 Å². The fourth-order valence-electron chi connectivity index (χ4n) is 1.72. The van der Waals surface area contributed by atoms with Gasteiger partial charge in [0.1, 0.15) is 6.07 Å². The molecule has 0 saturated heterocycles. The Balaban J connectivity index is 2.29. The van der Waals surface area contributed by atoms with Crippen LogP contribution in [0.2, 0.25) is 0 Å². The average Bonchev–Trinajstić information content (AvgIpc) is 2.27. The number of nitriles is 1. The molecule has 0 saturated carbocycles. The molecule has 0 aliphatic rings. The smallest absolute Gasteiger partial charge is 0.101 e. The summed E-state index contributed by atoms with van der Waals surface area (Å²) in [7, 11) is 0. The van der Waals surface area contributed by atoms with Crippen molar-refractivity contribution in [1.29, 1.82) is 5.26 Å². The molecule has 0 aromatic heterocycles. The Kier molecular flexibility index (Phi) is 3.54. The normalized spacial score (nSPS) is 9.83. The van der Waals surface area contributed by atoms with E-state index in [4.69, 9.17) is 11.0 Å². The van der Waals surface area contributed by atoms with Crippen LogP contribution in [-0.2, 0) is 0 Å². The first-order valence-electron chi connectivity index (χ1n) is 5.42. The van der Waals surface area contributed by atoms with Gasteiger partial charge in [-0.25, -0.2) is 0 Å². The fraction of sp³-hybridized carbons (Fsp3) is 0.0714. The second-order valence-corrected chi connectivity index (χ2v) is 4.97. The summed E-state index contributed by atoms with van der Waals surface area (Å²) < 4.78 is 1.02. The van der Waals surface area contributed by atoms with Gasteiger partial charge in [-0.05, 0) is 48.9 Å². The summed E-state index contributed by atoms with van der Waals surface area (Å²) in [6, 6.07) is 13.4. The lowest BCUT2D eigenvalue weighted by molar-refractivity contribution is 1.43. The lowest BCUT2D eigenvalue weighted by Gasteiger charge is -2.09. The minimum absolute atomic E-state index is 0.481. The molecule has 2 rings (SSSR count). The van der Waals surface area contributed by atoms with Crippen molar-refractivity contribution >= 4 is 33.0 Å². The van der Waals surface area contributed by atoms with Crippen molar-refractivity contribution in [3.05, 3.63) is 52.0 Å². The van der Waals surface area contributed by atoms with E-state index in [0.717, 1.165) is 21.4 Å². The highest BCUT2D eigenvalue weighted by Crippen LogP contribution is 2.24. The predicted molar refractivity (Wildman–Crippen MR) is 77.7 cm³/mol. The highest BCUT2D eigenvalue weighted by atomic mass is 79.9. The molecule has 0 radical (unpaired) electrons. The van der Waals surface area contributed by atoms with Crippen LogP contribution < -0.4 is 11.1 Å². The molecule has 0 bridgehead atoms. The van der Waals surface area contributed by atoms with E-state index in [-0.39, 0.29) is 0 Å². The van der Waals surface area contributed by atoms with Gasteiger partial charge in [0.25, 0.3) is 0 Å². The molecule has 0 unspecified atom stereocenters. The first-order valence-corrected chi connectivity index (χ1v) is 6.21. The van der Waals surface area contributed by atoms with E-state index < -0.39 is 0 Å². The Labute approximate surface area is 114 Å². The fourth-order valence-corrected chi connectivity index (χ4v) is 2.33. The average molecular weight is 302 g/mol. The van der Waals surface area contributed by atoms with Crippen molar-refractivity contribution in [3.63, 3.8) is 0 Å². The van der Waals surface area contributed by atoms with E-state index in [2.05, 4.69) is 21.2 Å². The SMILES string of the molecule is Cc1cc(Br)cc(Nc2ccc(C#N)c(N)c2)c1. The molecule has 18 heavy (non-hydrogen) atoms. The van der Waals surface area contributed by atoms with Gasteiger partial charge in [0.2, 0.25) is 0 Å². The summed E-state index contributed by atoms with van der Waals surface area (Å²) in [5.74, 6) is 0. The standard InChI is InChI=1S/C14H12BrN3/c1-9-4-11(15)6-13(5-9)18-12-3-2-10(8-16)14(17)7-12/h2-7,18H,17H2,1H3. The lowest BCUT2D eigenvalue weighted by Crippen LogP contribution is -1.95. The number of nitrogens with zero attached hydrogens (tertiary/aromatic N) is 1. The number of halogens is 1. The number of anilines is 3. The van der Waals surface area contributed by atoms with Gasteiger partial charge in [-0.3, -0.25) is 0 Å². The third-order valence-electron chi connectivity index (χ3n) is 2.50. The summed E-state index contributed by atoms with van der Waals surface area (Å²) in [5.41, 5.74) is 9.75. The number of nitrogens with two attached hydrogens (primary N) is 1. The number of aryl methyl sites for hydroxylation is 1. The van der Waals surface area contributed by atoms with Gasteiger partial charge >= 0.3 is 0 Å². The molecule has 90 valence electrons. The molecule has 0 aliphatic carbocycles. The molecular formula is C14H12BrN3. The lowest BCUT2D eigenvalue weighted by atomic mass is 10.1. The topological polar surface area (TPSA) is 61.8 Å². The van der Waals surface area contributed by atoms with E-state index in [1.165, 1.54) is 0 Å². The molecule has 0 fully saturated rings. The van der Waals surface area contributed by atoms with Gasteiger partial charge in [0, 0.05) is 15.8 Å². The number of rotatable bonds is 2. The van der Waals surface area contributed by atoms with Crippen LogP contribution in [0.1, 0.15) is 11.1 Å². The third-order valence-corrected chi connectivity index (χ3v) is 2.96. The van der Waals surface area contributed by atoms with E-state index in [1.807, 2.05) is 37.3 Å². The predicted octanol–water partition coefficient (Wildman–Crippen LogP) is 3.96. The van der Waals surface area contributed by atoms with Crippen LogP contribution in [0.3, 0.4) is 0 Å². The number of hydrogen-bond donors (Lipinski definition) is 2. The van der Waals surface area contributed by atoms with Gasteiger partial charge in [-0.1, -0.05) is 15.9 Å². The van der Waals surface area contributed by atoms with Gasteiger partial charge in [0.05, 0.1) is 11.3 Å². The van der Waals surface area contributed by atoms with Crippen molar-refractivity contribution < 1.29 is 0 Å². The van der Waals surface area contributed by atoms with Gasteiger partial charge < -0.3 is 11.1 Å². The minimum Gasteiger partial charge on any atom is -0.398 e. The number of nitrogens with one attached hydrogen (secondary N) is 1. The zero-order valence-electron chi connectivity index (χ0n) is 9.87. The Hall–Kier alpha value is -1.99. The quantitative estimate of drug-likeness (QED) is 0.826. The molecule has 0 aliphatic heterocycles. The number of benzene rings is 2. The summed E-state index contributed by atoms with van der Waals surface area (Å²) in [5, 5.41) is 12.1. The highest BCUT2D eigenvalue weighted by Gasteiger charge is 2.01. The van der Waals surface area contributed by atoms with Crippen LogP contribution >= 0.6 is 15.9 Å². The maximum atomic E-state index is 8.82. The van der Waals surface area contributed by atoms with Crippen molar-refractivity contribution in [2.24, 2.45) is 0 Å². The molecule has 0 heterocycles. The van der Waals surface area contributed by atoms with E-state index in [9.17, 15) is 0 Å². The summed E-state index contributed by atoms with van der Waals surface area (Å²) in [4.78, 5) is 0. The second-order valence-electron chi connectivity index (χ2n) is 4.06. The van der Waals surface area contributed by atoms with E-state index >= 15 is 0 Å². The van der Waals surface area contributed by atoms with Crippen LogP contribution in [0.5, 0.6) is 0 Å². The molecule has 3 nitrogen and oxygen atoms in total. The number of hydrogen-bond acceptors (Lipinski definition) is 3. The summed E-state index contributed by atoms with van der Waals surface area (Å²) >= 11 is 3.46. The molecule has 2 aromatic rings. The van der Waals surface area contributed by atoms with Crippen molar-refractivity contribution in [3.8, 4) is 6.07 Å². The Morgan fingerprint density at radius 2 is 1.94 bits per heavy atom. The van der Waals surface area contributed by atoms with Crippen LogP contribution in [0, 0.1) is 18.3 Å². The van der Waals surface area contributed by atoms with Crippen LogP contribution in [0.4, 0.5) is 17.1 Å². The van der Waals surface area contributed by atoms with Crippen molar-refractivity contribution in [2.45, 2.75) is 6.92 Å². The Bertz CT molecular complexity index is 609. The van der Waals surface area contributed by atoms with Crippen LogP contribution in [0.25, 0.3) is 0 Å². The molecule has 3 N–H and O–H groups in total. The summed E-state index contributed by atoms with van der Waals surface area (Å²) in [6.07, 6.45) is 0. The zero-order valence-corrected chi connectivity index (χ0v) is 11.5. The first kappa shape index (κ1) is 12.5. The van der Waals surface area contributed by atoms with Gasteiger partial charge in [-0.15, -0.1) is 0 Å². The minimum atomic E-state index is 0.481. The Morgan fingerprint density at radius 1 is 1.17 bits per heavy atom. The zero-order chi connectivity index (χ0) is 13.1. The maximum absolute atomic E-state index is 8.82. The molecular weight excluding hydrogens is 290 g/mol. The van der Waals surface area contributed by atoms with Gasteiger partial charge in [-0.2, -0.15) is 5.26 Å². The largest absolute Gasteiger partial charge is 0.398 e. The first-order chi connectivity index (χ1) is 8.58. The van der Waals surface area contributed by atoms with Crippen molar-refractivity contribution in [1.82, 2.24) is 0 Å². The molecule has 0 amide bonds. The molecule has 0 spiro atoms. The highest BCUT2D eigenvalue weighted by molar-refractivity contribution is 9.10. The molecule has 2 aromatic carbocycles.